The lowest BCUT2D eigenvalue weighted by molar-refractivity contribution is -0.114. The summed E-state index contributed by atoms with van der Waals surface area (Å²) in [7, 11) is 1.72. The summed E-state index contributed by atoms with van der Waals surface area (Å²) in [5.41, 5.74) is 1.24. The summed E-state index contributed by atoms with van der Waals surface area (Å²) in [6, 6.07) is 0. The minimum atomic E-state index is 0.506. The van der Waals surface area contributed by atoms with Crippen molar-refractivity contribution in [3.8, 4) is 0 Å². The molecule has 1 amide bonds. The quantitative estimate of drug-likeness (QED) is 0.464. The van der Waals surface area contributed by atoms with Gasteiger partial charge in [-0.15, -0.1) is 0 Å². The molecule has 0 aromatic carbocycles. The van der Waals surface area contributed by atoms with Crippen LogP contribution in [0.2, 0.25) is 0 Å². The molecule has 0 aromatic heterocycles. The zero-order chi connectivity index (χ0) is 9.56. The second kappa shape index (κ2) is 5.58. The molecular weight excluding hydrogens is 150 g/mol. The number of hydrogen-bond acceptors (Lipinski definition) is 1. The zero-order valence-electron chi connectivity index (χ0n) is 8.24. The molecule has 0 aliphatic carbocycles. The predicted octanol–water partition coefficient (Wildman–Crippen LogP) is 2.19. The van der Waals surface area contributed by atoms with Gasteiger partial charge in [0.05, 0.1) is 0 Å². The molecule has 0 saturated heterocycles. The van der Waals surface area contributed by atoms with E-state index in [4.69, 9.17) is 0 Å². The fourth-order valence-electron chi connectivity index (χ4n) is 0.861. The Morgan fingerprint density at radius 3 is 2.33 bits per heavy atom. The standard InChI is InChI=1S/C10H17NO/c1-5-10(9(2)3)6-7-11(4)8-12/h5-9H,1-4H3/b7-6-,10-5+. The summed E-state index contributed by atoms with van der Waals surface area (Å²) in [4.78, 5) is 11.7. The molecule has 0 bridgehead atoms. The van der Waals surface area contributed by atoms with Crippen LogP contribution in [0.4, 0.5) is 0 Å². The highest BCUT2D eigenvalue weighted by atomic mass is 16.1. The monoisotopic (exact) mass is 167 g/mol. The first-order valence-corrected chi connectivity index (χ1v) is 4.13. The van der Waals surface area contributed by atoms with Crippen molar-refractivity contribution in [2.45, 2.75) is 20.8 Å². The summed E-state index contributed by atoms with van der Waals surface area (Å²) >= 11 is 0. The van der Waals surface area contributed by atoms with Crippen LogP contribution in [0, 0.1) is 5.92 Å². The smallest absolute Gasteiger partial charge is 0.213 e. The lowest BCUT2D eigenvalue weighted by atomic mass is 10.0. The fourth-order valence-corrected chi connectivity index (χ4v) is 0.861. The van der Waals surface area contributed by atoms with Crippen molar-refractivity contribution in [2.75, 3.05) is 7.05 Å². The highest BCUT2D eigenvalue weighted by molar-refractivity contribution is 5.48. The van der Waals surface area contributed by atoms with Crippen molar-refractivity contribution in [3.63, 3.8) is 0 Å². The average Bonchev–Trinajstić information content (AvgIpc) is 2.04. The number of nitrogens with zero attached hydrogens (tertiary/aromatic N) is 1. The lowest BCUT2D eigenvalue weighted by Crippen LogP contribution is -2.06. The maximum atomic E-state index is 10.2. The average molecular weight is 167 g/mol. The van der Waals surface area contributed by atoms with Gasteiger partial charge >= 0.3 is 0 Å². The Balaban J connectivity index is 4.21. The number of carbonyl (C=O) groups excluding carboxylic acids is 1. The Hall–Kier alpha value is -1.05. The van der Waals surface area contributed by atoms with Gasteiger partial charge in [0.1, 0.15) is 0 Å². The first kappa shape index (κ1) is 11.0. The summed E-state index contributed by atoms with van der Waals surface area (Å²) in [5, 5.41) is 0. The molecule has 2 nitrogen and oxygen atoms in total. The van der Waals surface area contributed by atoms with Crippen LogP contribution < -0.4 is 0 Å². The van der Waals surface area contributed by atoms with Gasteiger partial charge in [-0.2, -0.15) is 0 Å². The third kappa shape index (κ3) is 3.96. The Bertz CT molecular complexity index is 192. The molecule has 0 saturated carbocycles. The molecule has 0 aliphatic rings. The van der Waals surface area contributed by atoms with E-state index in [0.717, 1.165) is 6.41 Å². The van der Waals surface area contributed by atoms with E-state index >= 15 is 0 Å². The number of allylic oxidation sites excluding steroid dienone is 3. The van der Waals surface area contributed by atoms with Crippen molar-refractivity contribution in [2.24, 2.45) is 5.92 Å². The summed E-state index contributed by atoms with van der Waals surface area (Å²) in [6.45, 7) is 6.25. The molecule has 0 aromatic rings. The molecule has 0 fully saturated rings. The van der Waals surface area contributed by atoms with E-state index in [2.05, 4.69) is 19.9 Å². The zero-order valence-corrected chi connectivity index (χ0v) is 8.24. The van der Waals surface area contributed by atoms with E-state index in [1.165, 1.54) is 10.5 Å². The van der Waals surface area contributed by atoms with Gasteiger partial charge in [-0.05, 0) is 24.5 Å². The van der Waals surface area contributed by atoms with Gasteiger partial charge in [-0.1, -0.05) is 19.9 Å². The van der Waals surface area contributed by atoms with Crippen molar-refractivity contribution in [3.05, 3.63) is 23.9 Å². The summed E-state index contributed by atoms with van der Waals surface area (Å²) < 4.78 is 0. The SMILES string of the molecule is C/C=C(\C=C/N(C)C=O)C(C)C. The Morgan fingerprint density at radius 2 is 2.00 bits per heavy atom. The van der Waals surface area contributed by atoms with Crippen molar-refractivity contribution >= 4 is 6.41 Å². The van der Waals surface area contributed by atoms with Gasteiger partial charge in [0.2, 0.25) is 6.41 Å². The molecule has 0 radical (unpaired) electrons. The summed E-state index contributed by atoms with van der Waals surface area (Å²) in [6.07, 6.45) is 6.56. The van der Waals surface area contributed by atoms with Gasteiger partial charge < -0.3 is 4.90 Å². The highest BCUT2D eigenvalue weighted by Crippen LogP contribution is 2.10. The van der Waals surface area contributed by atoms with E-state index in [1.807, 2.05) is 13.0 Å². The minimum absolute atomic E-state index is 0.506. The van der Waals surface area contributed by atoms with E-state index in [-0.39, 0.29) is 0 Å². The molecule has 0 unspecified atom stereocenters. The molecular formula is C10H17NO. The molecule has 0 atom stereocenters. The molecule has 0 spiro atoms. The number of amides is 1. The molecule has 0 heterocycles. The van der Waals surface area contributed by atoms with Gasteiger partial charge in [-0.25, -0.2) is 0 Å². The maximum Gasteiger partial charge on any atom is 0.213 e. The van der Waals surface area contributed by atoms with Crippen LogP contribution in [0.5, 0.6) is 0 Å². The number of hydrogen-bond donors (Lipinski definition) is 0. The second-order valence-corrected chi connectivity index (χ2v) is 3.03. The Kier molecular flexibility index (Phi) is 5.09. The predicted molar refractivity (Wildman–Crippen MR) is 51.6 cm³/mol. The van der Waals surface area contributed by atoms with E-state index in [9.17, 15) is 4.79 Å². The summed E-state index contributed by atoms with van der Waals surface area (Å²) in [5.74, 6) is 0.506. The molecule has 68 valence electrons. The van der Waals surface area contributed by atoms with Crippen LogP contribution >= 0.6 is 0 Å². The van der Waals surface area contributed by atoms with Gasteiger partial charge in [0.25, 0.3) is 0 Å². The second-order valence-electron chi connectivity index (χ2n) is 3.03. The van der Waals surface area contributed by atoms with E-state index < -0.39 is 0 Å². The normalized spacial score (nSPS) is 12.6. The third-order valence-electron chi connectivity index (χ3n) is 1.67. The minimum Gasteiger partial charge on any atom is -0.325 e. The largest absolute Gasteiger partial charge is 0.325 e. The first-order chi connectivity index (χ1) is 5.61. The van der Waals surface area contributed by atoms with Crippen LogP contribution in [-0.4, -0.2) is 18.4 Å². The molecule has 0 aliphatic heterocycles. The number of rotatable bonds is 4. The van der Waals surface area contributed by atoms with Crippen molar-refractivity contribution < 1.29 is 4.79 Å². The third-order valence-corrected chi connectivity index (χ3v) is 1.67. The van der Waals surface area contributed by atoms with Crippen LogP contribution in [0.3, 0.4) is 0 Å². The molecule has 0 N–H and O–H groups in total. The highest BCUT2D eigenvalue weighted by Gasteiger charge is 1.96. The van der Waals surface area contributed by atoms with Gasteiger partial charge in [0, 0.05) is 13.2 Å². The molecule has 0 rings (SSSR count). The van der Waals surface area contributed by atoms with Crippen LogP contribution in [0.1, 0.15) is 20.8 Å². The van der Waals surface area contributed by atoms with Crippen molar-refractivity contribution in [1.82, 2.24) is 4.90 Å². The first-order valence-electron chi connectivity index (χ1n) is 4.13. The topological polar surface area (TPSA) is 20.3 Å². The van der Waals surface area contributed by atoms with Crippen LogP contribution in [-0.2, 0) is 4.79 Å². The van der Waals surface area contributed by atoms with E-state index in [0.29, 0.717) is 5.92 Å². The lowest BCUT2D eigenvalue weighted by Gasteiger charge is -2.07. The molecule has 2 heteroatoms. The maximum absolute atomic E-state index is 10.2. The Morgan fingerprint density at radius 1 is 1.42 bits per heavy atom. The fraction of sp³-hybridized carbons (Fsp3) is 0.500. The van der Waals surface area contributed by atoms with Crippen LogP contribution in [0.25, 0.3) is 0 Å². The van der Waals surface area contributed by atoms with Gasteiger partial charge in [-0.3, -0.25) is 4.79 Å². The van der Waals surface area contributed by atoms with Gasteiger partial charge in [0.15, 0.2) is 0 Å². The number of carbonyl (C=O) groups is 1. The molecule has 12 heavy (non-hydrogen) atoms. The van der Waals surface area contributed by atoms with Crippen LogP contribution in [0.15, 0.2) is 23.9 Å². The van der Waals surface area contributed by atoms with E-state index in [1.54, 1.807) is 13.2 Å². The Labute approximate surface area is 74.6 Å². The van der Waals surface area contributed by atoms with Crippen molar-refractivity contribution in [1.29, 1.82) is 0 Å².